The number of benzene rings is 1. The lowest BCUT2D eigenvalue weighted by molar-refractivity contribution is 0.402. The Labute approximate surface area is 96.0 Å². The first-order valence-electron chi connectivity index (χ1n) is 5.95. The van der Waals surface area contributed by atoms with Crippen LogP contribution in [0.3, 0.4) is 0 Å². The van der Waals surface area contributed by atoms with Crippen molar-refractivity contribution in [2.45, 2.75) is 25.4 Å². The third-order valence-electron chi connectivity index (χ3n) is 3.39. The van der Waals surface area contributed by atoms with Crippen molar-refractivity contribution in [2.75, 3.05) is 13.1 Å². The van der Waals surface area contributed by atoms with Crippen molar-refractivity contribution in [1.29, 1.82) is 0 Å². The van der Waals surface area contributed by atoms with Gasteiger partial charge in [0.2, 0.25) is 0 Å². The largest absolute Gasteiger partial charge is 0.364 e. The molecule has 3 heteroatoms. The summed E-state index contributed by atoms with van der Waals surface area (Å²) in [6.45, 7) is 4.23. The number of aliphatic imine (C=N–C) groups is 1. The lowest BCUT2D eigenvalue weighted by atomic mass is 10.0. The van der Waals surface area contributed by atoms with Crippen molar-refractivity contribution in [3.05, 3.63) is 35.4 Å². The summed E-state index contributed by atoms with van der Waals surface area (Å²) in [6.07, 6.45) is 1.15. The van der Waals surface area contributed by atoms with Crippen LogP contribution < -0.4 is 10.6 Å². The number of hydrogen-bond acceptors (Lipinski definition) is 3. The third kappa shape index (κ3) is 1.71. The molecule has 2 unspecified atom stereocenters. The quantitative estimate of drug-likeness (QED) is 0.735. The average Bonchev–Trinajstić information content (AvgIpc) is 2.73. The lowest BCUT2D eigenvalue weighted by Gasteiger charge is -2.24. The Morgan fingerprint density at radius 3 is 2.81 bits per heavy atom. The van der Waals surface area contributed by atoms with Crippen LogP contribution in [-0.4, -0.2) is 31.0 Å². The van der Waals surface area contributed by atoms with Crippen LogP contribution in [0.5, 0.6) is 0 Å². The second-order valence-corrected chi connectivity index (χ2v) is 4.65. The van der Waals surface area contributed by atoms with E-state index < -0.39 is 0 Å². The summed E-state index contributed by atoms with van der Waals surface area (Å²) in [6, 6.07) is 9.53. The molecule has 0 saturated carbocycles. The zero-order chi connectivity index (χ0) is 11.0. The van der Waals surface area contributed by atoms with Gasteiger partial charge in [0, 0.05) is 12.1 Å². The SMILES string of the molecule is Cc1ccc(C2=NC3CCNCC3N2)cc1. The van der Waals surface area contributed by atoms with Crippen LogP contribution in [0.4, 0.5) is 0 Å². The summed E-state index contributed by atoms with van der Waals surface area (Å²) >= 11 is 0. The van der Waals surface area contributed by atoms with Gasteiger partial charge in [-0.05, 0) is 19.9 Å². The minimum atomic E-state index is 0.470. The number of hydrogen-bond donors (Lipinski definition) is 2. The van der Waals surface area contributed by atoms with Gasteiger partial charge in [0.15, 0.2) is 0 Å². The molecule has 0 bridgehead atoms. The first-order valence-corrected chi connectivity index (χ1v) is 5.95. The van der Waals surface area contributed by atoms with Gasteiger partial charge in [-0.3, -0.25) is 4.99 Å². The molecule has 3 rings (SSSR count). The molecule has 2 atom stereocenters. The van der Waals surface area contributed by atoms with Crippen molar-refractivity contribution in [3.63, 3.8) is 0 Å². The van der Waals surface area contributed by atoms with E-state index in [1.54, 1.807) is 0 Å². The van der Waals surface area contributed by atoms with Crippen molar-refractivity contribution < 1.29 is 0 Å². The van der Waals surface area contributed by atoms with E-state index in [0.29, 0.717) is 12.1 Å². The van der Waals surface area contributed by atoms with E-state index in [4.69, 9.17) is 4.99 Å². The average molecular weight is 215 g/mol. The van der Waals surface area contributed by atoms with Gasteiger partial charge in [-0.2, -0.15) is 0 Å². The van der Waals surface area contributed by atoms with Gasteiger partial charge < -0.3 is 10.6 Å². The molecule has 1 saturated heterocycles. The highest BCUT2D eigenvalue weighted by atomic mass is 15.2. The van der Waals surface area contributed by atoms with Crippen molar-refractivity contribution >= 4 is 5.84 Å². The highest BCUT2D eigenvalue weighted by Gasteiger charge is 2.30. The molecular weight excluding hydrogens is 198 g/mol. The summed E-state index contributed by atoms with van der Waals surface area (Å²) in [4.78, 5) is 4.78. The number of amidine groups is 1. The van der Waals surface area contributed by atoms with Gasteiger partial charge in [-0.1, -0.05) is 29.8 Å². The summed E-state index contributed by atoms with van der Waals surface area (Å²) in [5, 5.41) is 6.92. The fraction of sp³-hybridized carbons (Fsp3) is 0.462. The number of piperidine rings is 1. The fourth-order valence-electron chi connectivity index (χ4n) is 2.39. The van der Waals surface area contributed by atoms with E-state index in [9.17, 15) is 0 Å². The van der Waals surface area contributed by atoms with Crippen molar-refractivity contribution in [1.82, 2.24) is 10.6 Å². The normalized spacial score (nSPS) is 28.2. The molecule has 84 valence electrons. The summed E-state index contributed by atoms with van der Waals surface area (Å²) < 4.78 is 0. The Hall–Kier alpha value is -1.35. The highest BCUT2D eigenvalue weighted by Crippen LogP contribution is 2.17. The number of fused-ring (bicyclic) bond motifs is 1. The van der Waals surface area contributed by atoms with Gasteiger partial charge in [0.25, 0.3) is 0 Å². The molecule has 16 heavy (non-hydrogen) atoms. The Bertz CT molecular complexity index is 408. The molecule has 2 N–H and O–H groups in total. The van der Waals surface area contributed by atoms with Gasteiger partial charge in [-0.25, -0.2) is 0 Å². The number of rotatable bonds is 1. The van der Waals surface area contributed by atoms with E-state index in [1.165, 1.54) is 11.1 Å². The Balaban J connectivity index is 1.83. The number of nitrogens with one attached hydrogen (secondary N) is 2. The predicted molar refractivity (Wildman–Crippen MR) is 65.9 cm³/mol. The van der Waals surface area contributed by atoms with Crippen LogP contribution in [0.25, 0.3) is 0 Å². The van der Waals surface area contributed by atoms with Gasteiger partial charge in [0.05, 0.1) is 12.1 Å². The molecule has 0 amide bonds. The Kier molecular flexibility index (Phi) is 2.40. The standard InChI is InChI=1S/C13H17N3/c1-9-2-4-10(5-3-9)13-15-11-6-7-14-8-12(11)16-13/h2-5,11-12,14H,6-8H2,1H3,(H,15,16). The third-order valence-corrected chi connectivity index (χ3v) is 3.39. The molecule has 1 aromatic rings. The van der Waals surface area contributed by atoms with Crippen LogP contribution in [0.15, 0.2) is 29.3 Å². The first kappa shape index (κ1) is 9.85. The second kappa shape index (κ2) is 3.91. The second-order valence-electron chi connectivity index (χ2n) is 4.65. The predicted octanol–water partition coefficient (Wildman–Crippen LogP) is 1.08. The maximum Gasteiger partial charge on any atom is 0.128 e. The molecule has 0 aromatic heterocycles. The van der Waals surface area contributed by atoms with Crippen LogP contribution in [0.1, 0.15) is 17.5 Å². The van der Waals surface area contributed by atoms with E-state index in [2.05, 4.69) is 41.8 Å². The zero-order valence-electron chi connectivity index (χ0n) is 9.53. The summed E-state index contributed by atoms with van der Waals surface area (Å²) in [5.74, 6) is 1.07. The lowest BCUT2D eigenvalue weighted by Crippen LogP contribution is -2.48. The Morgan fingerprint density at radius 2 is 2.06 bits per heavy atom. The molecule has 0 spiro atoms. The fourth-order valence-corrected chi connectivity index (χ4v) is 2.39. The molecule has 0 aliphatic carbocycles. The van der Waals surface area contributed by atoms with Crippen molar-refractivity contribution in [2.24, 2.45) is 4.99 Å². The zero-order valence-corrected chi connectivity index (χ0v) is 9.53. The minimum Gasteiger partial charge on any atom is -0.364 e. The van der Waals surface area contributed by atoms with E-state index >= 15 is 0 Å². The first-order chi connectivity index (χ1) is 7.83. The molecule has 0 radical (unpaired) electrons. The van der Waals surface area contributed by atoms with Gasteiger partial charge >= 0.3 is 0 Å². The Morgan fingerprint density at radius 1 is 1.25 bits per heavy atom. The topological polar surface area (TPSA) is 36.4 Å². The van der Waals surface area contributed by atoms with E-state index in [0.717, 1.165) is 25.3 Å². The van der Waals surface area contributed by atoms with Crippen LogP contribution in [0.2, 0.25) is 0 Å². The van der Waals surface area contributed by atoms with Crippen LogP contribution in [0, 0.1) is 6.92 Å². The maximum atomic E-state index is 4.78. The number of nitrogens with zero attached hydrogens (tertiary/aromatic N) is 1. The monoisotopic (exact) mass is 215 g/mol. The summed E-state index contributed by atoms with van der Waals surface area (Å²) in [5.41, 5.74) is 2.50. The molecule has 1 aromatic carbocycles. The van der Waals surface area contributed by atoms with Crippen molar-refractivity contribution in [3.8, 4) is 0 Å². The molecule has 2 aliphatic rings. The molecular formula is C13H17N3. The van der Waals surface area contributed by atoms with E-state index in [1.807, 2.05) is 0 Å². The van der Waals surface area contributed by atoms with E-state index in [-0.39, 0.29) is 0 Å². The molecule has 3 nitrogen and oxygen atoms in total. The van der Waals surface area contributed by atoms with Gasteiger partial charge in [-0.15, -0.1) is 0 Å². The minimum absolute atomic E-state index is 0.470. The molecule has 2 heterocycles. The maximum absolute atomic E-state index is 4.78. The van der Waals surface area contributed by atoms with Gasteiger partial charge in [0.1, 0.15) is 5.84 Å². The molecule has 2 aliphatic heterocycles. The van der Waals surface area contributed by atoms with Crippen LogP contribution >= 0.6 is 0 Å². The van der Waals surface area contributed by atoms with Crippen LogP contribution in [-0.2, 0) is 0 Å². The number of aryl methyl sites for hydroxylation is 1. The molecule has 1 fully saturated rings. The summed E-state index contributed by atoms with van der Waals surface area (Å²) in [7, 11) is 0. The highest BCUT2D eigenvalue weighted by molar-refractivity contribution is 6.00. The smallest absolute Gasteiger partial charge is 0.128 e.